The number of hydrogen-bond acceptors (Lipinski definition) is 12. The van der Waals surface area contributed by atoms with E-state index in [1.807, 2.05) is 21.3 Å². The Labute approximate surface area is 283 Å². The molecule has 0 aromatic heterocycles. The third kappa shape index (κ3) is 17.3. The summed E-state index contributed by atoms with van der Waals surface area (Å²) in [7, 11) is 0. The molecule has 6 atom stereocenters. The van der Waals surface area contributed by atoms with Gasteiger partial charge in [-0.1, -0.05) is 13.8 Å². The van der Waals surface area contributed by atoms with E-state index in [0.717, 1.165) is 0 Å². The van der Waals surface area contributed by atoms with Gasteiger partial charge in [-0.2, -0.15) is 0 Å². The van der Waals surface area contributed by atoms with Crippen LogP contribution in [-0.2, 0) is 52.7 Å². The van der Waals surface area contributed by atoms with Crippen molar-refractivity contribution in [1.29, 1.82) is 0 Å². The molecule has 0 aliphatic heterocycles. The number of nitrogens with one attached hydrogen (secondary N) is 6. The summed E-state index contributed by atoms with van der Waals surface area (Å²) in [4.78, 5) is 132. The molecule has 0 unspecified atom stereocenters. The first-order valence-electron chi connectivity index (χ1n) is 14.7. The van der Waals surface area contributed by atoms with Gasteiger partial charge in [-0.3, -0.25) is 47.9 Å². The van der Waals surface area contributed by atoms with E-state index >= 15 is 0 Å². The molecule has 0 radical (unpaired) electrons. The van der Waals surface area contributed by atoms with E-state index in [2.05, 4.69) is 10.6 Å². The van der Waals surface area contributed by atoms with Gasteiger partial charge in [0, 0.05) is 6.42 Å². The number of hydrogen-bond donors (Lipinski definition) is 12. The van der Waals surface area contributed by atoms with Crippen molar-refractivity contribution in [3.63, 3.8) is 0 Å². The number of carboxylic acids is 5. The summed E-state index contributed by atoms with van der Waals surface area (Å²) in [5, 5.41) is 57.8. The first-order valence-corrected chi connectivity index (χ1v) is 14.7. The van der Waals surface area contributed by atoms with Crippen molar-refractivity contribution in [1.82, 2.24) is 31.9 Å². The van der Waals surface area contributed by atoms with Crippen LogP contribution in [0.4, 0.5) is 0 Å². The zero-order chi connectivity index (χ0) is 38.9. The summed E-state index contributed by atoms with van der Waals surface area (Å²) in [6.45, 7) is 3.32. The van der Waals surface area contributed by atoms with Crippen LogP contribution in [0.25, 0.3) is 0 Å². The minimum atomic E-state index is -1.98. The van der Waals surface area contributed by atoms with E-state index < -0.39 is 146 Å². The Balaban J connectivity index is 5.78. The minimum absolute atomic E-state index is 0.584. The van der Waals surface area contributed by atoms with Crippen molar-refractivity contribution in [3.05, 3.63) is 0 Å². The molecule has 0 fully saturated rings. The largest absolute Gasteiger partial charge is 0.481 e. The van der Waals surface area contributed by atoms with E-state index in [9.17, 15) is 68.1 Å². The first-order chi connectivity index (χ1) is 23.0. The smallest absolute Gasteiger partial charge is 0.326 e. The normalized spacial score (nSPS) is 14.3. The summed E-state index contributed by atoms with van der Waals surface area (Å²) in [5.74, 6) is -15.5. The van der Waals surface area contributed by atoms with Crippen molar-refractivity contribution >= 4 is 65.3 Å². The molecule has 13 N–H and O–H groups in total. The Hall–Kier alpha value is -5.87. The van der Waals surface area contributed by atoms with Crippen LogP contribution in [0.1, 0.15) is 52.9 Å². The summed E-state index contributed by atoms with van der Waals surface area (Å²) < 4.78 is 0. The lowest BCUT2D eigenvalue weighted by molar-refractivity contribution is -0.144. The van der Waals surface area contributed by atoms with Crippen molar-refractivity contribution in [2.24, 2.45) is 11.7 Å². The van der Waals surface area contributed by atoms with Crippen LogP contribution in [0.5, 0.6) is 0 Å². The van der Waals surface area contributed by atoms with Crippen LogP contribution >= 0.6 is 0 Å². The van der Waals surface area contributed by atoms with E-state index in [1.165, 1.54) is 20.8 Å². The fourth-order valence-corrected chi connectivity index (χ4v) is 3.84. The second-order valence-electron chi connectivity index (χ2n) is 11.1. The molecule has 0 saturated heterocycles. The fourth-order valence-electron chi connectivity index (χ4n) is 3.84. The Kier molecular flexibility index (Phi) is 18.7. The number of aliphatic carboxylic acids is 5. The lowest BCUT2D eigenvalue weighted by Crippen LogP contribution is -2.59. The molecule has 50 heavy (non-hydrogen) atoms. The Morgan fingerprint density at radius 1 is 0.520 bits per heavy atom. The summed E-state index contributed by atoms with van der Waals surface area (Å²) in [6.07, 6.45) is -4.53. The molecular formula is C27H41N7O16. The van der Waals surface area contributed by atoms with Gasteiger partial charge >= 0.3 is 29.8 Å². The van der Waals surface area contributed by atoms with Crippen LogP contribution in [0.15, 0.2) is 0 Å². The monoisotopic (exact) mass is 719 g/mol. The van der Waals surface area contributed by atoms with Gasteiger partial charge in [0.05, 0.1) is 31.8 Å². The lowest BCUT2D eigenvalue weighted by Gasteiger charge is -2.26. The van der Waals surface area contributed by atoms with Gasteiger partial charge in [-0.15, -0.1) is 0 Å². The number of amides is 6. The van der Waals surface area contributed by atoms with E-state index in [0.29, 0.717) is 0 Å². The van der Waals surface area contributed by atoms with Gasteiger partial charge < -0.3 is 63.2 Å². The molecule has 0 aromatic rings. The molecular weight excluding hydrogens is 678 g/mol. The molecule has 23 nitrogen and oxygen atoms in total. The molecule has 0 bridgehead atoms. The fraction of sp³-hybridized carbons (Fsp3) is 0.593. The standard InChI is InChI=1S/C27H41N7O16/c1-10(2)21(34-22(44)11(3)28)26(48)33-15(8-20(42)43)25(47)32-13(6-18(38)39)23(45)29-9-16(35)30-14(7-19(40)41)24(46)31-12(27(49)50)4-5-17(36)37/h10-15,21H,4-9,28H2,1-3H3,(H,29,45)(H,30,35)(H,31,46)(H,32,47)(H,33,48)(H,34,44)(H,36,37)(H,38,39)(H,40,41)(H,42,43)(H,49,50)/t11-,12-,13-,14-,15-,21-/m0/s1. The van der Waals surface area contributed by atoms with Crippen molar-refractivity contribution < 1.29 is 78.3 Å². The maximum absolute atomic E-state index is 13.0. The Morgan fingerprint density at radius 2 is 0.940 bits per heavy atom. The first kappa shape index (κ1) is 44.1. The maximum atomic E-state index is 13.0. The number of rotatable bonds is 23. The average molecular weight is 720 g/mol. The molecule has 0 heterocycles. The molecule has 23 heteroatoms. The van der Waals surface area contributed by atoms with Crippen LogP contribution in [-0.4, -0.2) is 134 Å². The molecule has 0 aliphatic carbocycles. The summed E-state index contributed by atoms with van der Waals surface area (Å²) in [5.41, 5.74) is 5.49. The van der Waals surface area contributed by atoms with Crippen LogP contribution in [0, 0.1) is 5.92 Å². The SMILES string of the molecule is CC(C)[C@H](NC(=O)[C@H](C)N)C(=O)N[C@@H](CC(=O)O)C(=O)N[C@@H](CC(=O)O)C(=O)NCC(=O)N[C@@H](CC(=O)O)C(=O)N[C@@H](CCC(=O)O)C(=O)O. The quantitative estimate of drug-likeness (QED) is 0.0470. The van der Waals surface area contributed by atoms with Crippen LogP contribution in [0.3, 0.4) is 0 Å². The van der Waals surface area contributed by atoms with Crippen LogP contribution in [0.2, 0.25) is 0 Å². The number of nitrogens with two attached hydrogens (primary N) is 1. The molecule has 0 aliphatic rings. The van der Waals surface area contributed by atoms with E-state index in [-0.39, 0.29) is 0 Å². The highest BCUT2D eigenvalue weighted by molar-refractivity contribution is 5.98. The Bertz CT molecular complexity index is 1330. The van der Waals surface area contributed by atoms with Crippen LogP contribution < -0.4 is 37.6 Å². The van der Waals surface area contributed by atoms with Gasteiger partial charge in [-0.05, 0) is 19.3 Å². The third-order valence-corrected chi connectivity index (χ3v) is 6.40. The van der Waals surface area contributed by atoms with Crippen molar-refractivity contribution in [2.75, 3.05) is 6.54 Å². The second kappa shape index (κ2) is 21.2. The summed E-state index contributed by atoms with van der Waals surface area (Å²) in [6, 6.07) is -9.90. The third-order valence-electron chi connectivity index (χ3n) is 6.40. The van der Waals surface area contributed by atoms with Gasteiger partial charge in [0.25, 0.3) is 0 Å². The highest BCUT2D eigenvalue weighted by atomic mass is 16.4. The minimum Gasteiger partial charge on any atom is -0.481 e. The van der Waals surface area contributed by atoms with Gasteiger partial charge in [0.2, 0.25) is 35.4 Å². The predicted octanol–water partition coefficient (Wildman–Crippen LogP) is -5.10. The highest BCUT2D eigenvalue weighted by Crippen LogP contribution is 2.06. The topological polar surface area (TPSA) is 387 Å². The number of carboxylic acid groups (broad SMARTS) is 5. The summed E-state index contributed by atoms with van der Waals surface area (Å²) >= 11 is 0. The number of carbonyl (C=O) groups is 11. The highest BCUT2D eigenvalue weighted by Gasteiger charge is 2.34. The zero-order valence-electron chi connectivity index (χ0n) is 27.1. The maximum Gasteiger partial charge on any atom is 0.326 e. The van der Waals surface area contributed by atoms with E-state index in [1.54, 1.807) is 0 Å². The zero-order valence-corrected chi connectivity index (χ0v) is 27.1. The lowest BCUT2D eigenvalue weighted by atomic mass is 10.0. The number of carbonyl (C=O) groups excluding carboxylic acids is 6. The van der Waals surface area contributed by atoms with Crippen molar-refractivity contribution in [2.45, 2.75) is 89.1 Å². The molecule has 0 saturated carbocycles. The Morgan fingerprint density at radius 3 is 1.34 bits per heavy atom. The molecule has 6 amide bonds. The molecule has 0 aromatic carbocycles. The van der Waals surface area contributed by atoms with Gasteiger partial charge in [-0.25, -0.2) is 4.79 Å². The molecule has 0 spiro atoms. The molecule has 0 rings (SSSR count). The predicted molar refractivity (Wildman–Crippen MR) is 162 cm³/mol. The second-order valence-corrected chi connectivity index (χ2v) is 11.1. The van der Waals surface area contributed by atoms with Crippen molar-refractivity contribution in [3.8, 4) is 0 Å². The molecule has 280 valence electrons. The van der Waals surface area contributed by atoms with Gasteiger partial charge in [0.15, 0.2) is 0 Å². The van der Waals surface area contributed by atoms with Gasteiger partial charge in [0.1, 0.15) is 30.2 Å². The average Bonchev–Trinajstić information content (AvgIpc) is 2.97. The van der Waals surface area contributed by atoms with E-state index in [4.69, 9.17) is 15.9 Å².